The monoisotopic (exact) mass is 503 g/mol. The molecule has 0 atom stereocenters. The third-order valence-electron chi connectivity index (χ3n) is 4.65. The standard InChI is InChI=1S/C23H29N5O6S/c1-5-33-19(30)14-27(11-10-24-22(32)34-23(2,3)4)18(29)13-28-12-17-20(26-21(28)31)25-15-8-6-7-9-16(15)35-17/h6-9,12H,5,10-11,13-14H2,1-4H3,(H,24,32)(H,25,26,31). The van der Waals surface area contributed by atoms with Crippen LogP contribution in [-0.4, -0.2) is 64.3 Å². The van der Waals surface area contributed by atoms with E-state index >= 15 is 0 Å². The molecule has 0 unspecified atom stereocenters. The van der Waals surface area contributed by atoms with Gasteiger partial charge in [-0.25, -0.2) is 9.59 Å². The van der Waals surface area contributed by atoms with E-state index in [1.165, 1.54) is 21.2 Å². The lowest BCUT2D eigenvalue weighted by Crippen LogP contribution is -2.44. The zero-order chi connectivity index (χ0) is 25.6. The molecule has 0 fully saturated rings. The molecular formula is C23H29N5O6S. The molecule has 188 valence electrons. The summed E-state index contributed by atoms with van der Waals surface area (Å²) in [5.74, 6) is -0.667. The molecule has 0 aliphatic carbocycles. The molecule has 35 heavy (non-hydrogen) atoms. The molecule has 0 saturated carbocycles. The van der Waals surface area contributed by atoms with Gasteiger partial charge in [-0.3, -0.25) is 14.2 Å². The van der Waals surface area contributed by atoms with Gasteiger partial charge in [0, 0.05) is 24.2 Å². The fourth-order valence-electron chi connectivity index (χ4n) is 3.16. The Kier molecular flexibility index (Phi) is 8.39. The number of carbonyl (C=O) groups is 3. The van der Waals surface area contributed by atoms with Crippen LogP contribution in [0.1, 0.15) is 27.7 Å². The van der Waals surface area contributed by atoms with E-state index in [0.717, 1.165) is 10.6 Å². The first-order valence-electron chi connectivity index (χ1n) is 11.1. The van der Waals surface area contributed by atoms with Gasteiger partial charge in [-0.05, 0) is 39.8 Å². The summed E-state index contributed by atoms with van der Waals surface area (Å²) in [7, 11) is 0. The number of hydrogen-bond acceptors (Lipinski definition) is 9. The summed E-state index contributed by atoms with van der Waals surface area (Å²) in [5, 5.41) is 5.68. The van der Waals surface area contributed by atoms with Crippen molar-refractivity contribution in [2.24, 2.45) is 0 Å². The van der Waals surface area contributed by atoms with Crippen LogP contribution in [0.15, 0.2) is 45.0 Å². The molecule has 0 saturated heterocycles. The van der Waals surface area contributed by atoms with Crippen LogP contribution in [0.3, 0.4) is 0 Å². The zero-order valence-corrected chi connectivity index (χ0v) is 20.9. The quantitative estimate of drug-likeness (QED) is 0.445. The summed E-state index contributed by atoms with van der Waals surface area (Å²) >= 11 is 1.43. The molecule has 2 amide bonds. The number of hydrogen-bond donors (Lipinski definition) is 2. The number of nitrogens with zero attached hydrogens (tertiary/aromatic N) is 3. The van der Waals surface area contributed by atoms with Gasteiger partial charge in [-0.2, -0.15) is 4.98 Å². The smallest absolute Gasteiger partial charge is 0.407 e. The summed E-state index contributed by atoms with van der Waals surface area (Å²) in [6.45, 7) is 6.46. The average molecular weight is 504 g/mol. The number of para-hydroxylation sites is 1. The number of aromatic nitrogens is 2. The molecule has 2 N–H and O–H groups in total. The molecule has 2 aromatic rings. The highest BCUT2D eigenvalue weighted by atomic mass is 32.2. The largest absolute Gasteiger partial charge is 0.465 e. The Hall–Kier alpha value is -3.54. The molecule has 0 radical (unpaired) electrons. The van der Waals surface area contributed by atoms with Crippen molar-refractivity contribution in [1.29, 1.82) is 0 Å². The highest BCUT2D eigenvalue weighted by Crippen LogP contribution is 2.42. The van der Waals surface area contributed by atoms with Gasteiger partial charge in [0.2, 0.25) is 5.91 Å². The molecule has 11 nitrogen and oxygen atoms in total. The van der Waals surface area contributed by atoms with Crippen molar-refractivity contribution in [1.82, 2.24) is 19.8 Å². The second-order valence-electron chi connectivity index (χ2n) is 8.64. The van der Waals surface area contributed by atoms with E-state index < -0.39 is 29.3 Å². The number of ether oxygens (including phenoxy) is 2. The Morgan fingerprint density at radius 1 is 1.20 bits per heavy atom. The first-order chi connectivity index (χ1) is 16.6. The van der Waals surface area contributed by atoms with E-state index in [1.807, 2.05) is 24.3 Å². The highest BCUT2D eigenvalue weighted by molar-refractivity contribution is 7.99. The van der Waals surface area contributed by atoms with Crippen molar-refractivity contribution in [3.05, 3.63) is 40.9 Å². The van der Waals surface area contributed by atoms with E-state index in [-0.39, 0.29) is 32.8 Å². The molecular weight excluding hydrogens is 474 g/mol. The van der Waals surface area contributed by atoms with Gasteiger partial charge in [-0.15, -0.1) is 0 Å². The first kappa shape index (κ1) is 26.1. The van der Waals surface area contributed by atoms with Crippen LogP contribution in [0.2, 0.25) is 0 Å². The van der Waals surface area contributed by atoms with Gasteiger partial charge >= 0.3 is 17.8 Å². The van der Waals surface area contributed by atoms with Crippen molar-refractivity contribution < 1.29 is 23.9 Å². The lowest BCUT2D eigenvalue weighted by Gasteiger charge is -2.24. The van der Waals surface area contributed by atoms with Gasteiger partial charge in [0.25, 0.3) is 0 Å². The first-order valence-corrected chi connectivity index (χ1v) is 11.9. The minimum atomic E-state index is -0.668. The Labute approximate surface area is 207 Å². The van der Waals surface area contributed by atoms with Crippen molar-refractivity contribution in [2.45, 2.75) is 49.6 Å². The molecule has 0 bridgehead atoms. The summed E-state index contributed by atoms with van der Waals surface area (Å²) in [4.78, 5) is 56.5. The Balaban J connectivity index is 1.70. The number of esters is 1. The van der Waals surface area contributed by atoms with E-state index in [2.05, 4.69) is 15.6 Å². The average Bonchev–Trinajstić information content (AvgIpc) is 2.76. The second-order valence-corrected chi connectivity index (χ2v) is 9.72. The Morgan fingerprint density at radius 3 is 2.66 bits per heavy atom. The summed E-state index contributed by atoms with van der Waals surface area (Å²) in [6.07, 6.45) is 0.929. The normalized spacial score (nSPS) is 12.0. The predicted octanol–water partition coefficient (Wildman–Crippen LogP) is 2.37. The minimum absolute atomic E-state index is 0.0215. The molecule has 12 heteroatoms. The van der Waals surface area contributed by atoms with E-state index in [0.29, 0.717) is 10.7 Å². The molecule has 2 heterocycles. The fourth-order valence-corrected chi connectivity index (χ4v) is 4.15. The molecule has 1 aromatic heterocycles. The number of rotatable bonds is 8. The Morgan fingerprint density at radius 2 is 1.94 bits per heavy atom. The van der Waals surface area contributed by atoms with E-state index in [9.17, 15) is 19.2 Å². The zero-order valence-electron chi connectivity index (χ0n) is 20.1. The van der Waals surface area contributed by atoms with Crippen molar-refractivity contribution in [2.75, 3.05) is 31.6 Å². The van der Waals surface area contributed by atoms with Gasteiger partial charge in [0.15, 0.2) is 5.82 Å². The molecule has 1 aromatic carbocycles. The predicted molar refractivity (Wildman–Crippen MR) is 130 cm³/mol. The maximum Gasteiger partial charge on any atom is 0.407 e. The number of alkyl carbamates (subject to hydrolysis) is 1. The van der Waals surface area contributed by atoms with Gasteiger partial charge in [-0.1, -0.05) is 23.9 Å². The van der Waals surface area contributed by atoms with E-state index in [4.69, 9.17) is 9.47 Å². The van der Waals surface area contributed by atoms with Crippen LogP contribution in [0, 0.1) is 0 Å². The number of anilines is 2. The van der Waals surface area contributed by atoms with Crippen LogP contribution in [0.5, 0.6) is 0 Å². The molecule has 3 rings (SSSR count). The third-order valence-corrected chi connectivity index (χ3v) is 5.75. The van der Waals surface area contributed by atoms with Crippen molar-refractivity contribution in [3.8, 4) is 0 Å². The number of amides is 2. The van der Waals surface area contributed by atoms with Crippen LogP contribution in [0.25, 0.3) is 0 Å². The minimum Gasteiger partial charge on any atom is -0.465 e. The number of nitrogens with one attached hydrogen (secondary N) is 2. The lowest BCUT2D eigenvalue weighted by atomic mass is 10.2. The SMILES string of the molecule is CCOC(=O)CN(CCNC(=O)OC(C)(C)C)C(=O)Cn1cc2c(nc1=O)Nc1ccccc1S2. The van der Waals surface area contributed by atoms with Crippen molar-refractivity contribution in [3.63, 3.8) is 0 Å². The molecule has 0 spiro atoms. The van der Waals surface area contributed by atoms with E-state index in [1.54, 1.807) is 33.9 Å². The van der Waals surface area contributed by atoms with Crippen molar-refractivity contribution >= 4 is 41.2 Å². The molecule has 1 aliphatic rings. The van der Waals surface area contributed by atoms with Gasteiger partial charge < -0.3 is 25.0 Å². The van der Waals surface area contributed by atoms with Gasteiger partial charge in [0.1, 0.15) is 18.7 Å². The van der Waals surface area contributed by atoms with Gasteiger partial charge in [0.05, 0.1) is 17.2 Å². The highest BCUT2D eigenvalue weighted by Gasteiger charge is 2.23. The molecule has 1 aliphatic heterocycles. The Bertz CT molecular complexity index is 1160. The number of benzene rings is 1. The van der Waals surface area contributed by atoms with Crippen LogP contribution in [0.4, 0.5) is 16.3 Å². The second kappa shape index (κ2) is 11.3. The van der Waals surface area contributed by atoms with Crippen LogP contribution < -0.4 is 16.3 Å². The lowest BCUT2D eigenvalue weighted by molar-refractivity contribution is -0.149. The fraction of sp³-hybridized carbons (Fsp3) is 0.435. The summed E-state index contributed by atoms with van der Waals surface area (Å²) in [6, 6.07) is 7.62. The maximum atomic E-state index is 13.0. The summed E-state index contributed by atoms with van der Waals surface area (Å²) < 4.78 is 11.3. The number of carbonyl (C=O) groups excluding carboxylic acids is 3. The topological polar surface area (TPSA) is 132 Å². The van der Waals surface area contributed by atoms with Crippen LogP contribution in [-0.2, 0) is 25.6 Å². The maximum absolute atomic E-state index is 13.0. The third kappa shape index (κ3) is 7.47. The van der Waals surface area contributed by atoms with Crippen LogP contribution >= 0.6 is 11.8 Å². The summed E-state index contributed by atoms with van der Waals surface area (Å²) in [5.41, 5.74) is -0.421. The number of fused-ring (bicyclic) bond motifs is 2.